The summed E-state index contributed by atoms with van der Waals surface area (Å²) in [5.74, 6) is 5.74. The van der Waals surface area contributed by atoms with Crippen molar-refractivity contribution in [2.24, 2.45) is 5.84 Å². The van der Waals surface area contributed by atoms with Crippen LogP contribution in [0.2, 0.25) is 0 Å². The second kappa shape index (κ2) is 6.81. The van der Waals surface area contributed by atoms with Gasteiger partial charge in [-0.2, -0.15) is 0 Å². The summed E-state index contributed by atoms with van der Waals surface area (Å²) in [5, 5.41) is 9.96. The maximum absolute atomic E-state index is 11.1. The van der Waals surface area contributed by atoms with Crippen LogP contribution in [-0.2, 0) is 4.79 Å². The smallest absolute Gasteiger partial charge is 0.236 e. The molecule has 0 aromatic heterocycles. The third-order valence-electron chi connectivity index (χ3n) is 2.61. The minimum atomic E-state index is -1.02. The summed E-state index contributed by atoms with van der Waals surface area (Å²) < 4.78 is 15.5. The van der Waals surface area contributed by atoms with Gasteiger partial charge in [0, 0.05) is 0 Å². The molecule has 7 heteroatoms. The Labute approximate surface area is 111 Å². The Bertz CT molecular complexity index is 425. The minimum Gasteiger partial charge on any atom is -0.493 e. The van der Waals surface area contributed by atoms with Crippen molar-refractivity contribution in [2.75, 3.05) is 21.3 Å². The fourth-order valence-electron chi connectivity index (χ4n) is 1.65. The number of carbonyl (C=O) groups is 1. The van der Waals surface area contributed by atoms with E-state index in [0.717, 1.165) is 0 Å². The van der Waals surface area contributed by atoms with Gasteiger partial charge in [-0.25, -0.2) is 5.84 Å². The summed E-state index contributed by atoms with van der Waals surface area (Å²) in [6, 6.07) is 3.16. The molecule has 1 aromatic rings. The second-order valence-corrected chi connectivity index (χ2v) is 3.75. The van der Waals surface area contributed by atoms with E-state index in [4.69, 9.17) is 20.1 Å². The number of nitrogens with one attached hydrogen (secondary N) is 1. The lowest BCUT2D eigenvalue weighted by Gasteiger charge is -2.16. The number of hydrogen-bond acceptors (Lipinski definition) is 6. The molecule has 0 spiro atoms. The van der Waals surface area contributed by atoms with Crippen molar-refractivity contribution in [2.45, 2.75) is 12.5 Å². The van der Waals surface area contributed by atoms with Gasteiger partial charge >= 0.3 is 0 Å². The van der Waals surface area contributed by atoms with Crippen LogP contribution in [-0.4, -0.2) is 32.3 Å². The highest BCUT2D eigenvalue weighted by Crippen LogP contribution is 2.40. The summed E-state index contributed by atoms with van der Waals surface area (Å²) in [6.07, 6.45) is -1.17. The molecule has 0 fully saturated rings. The second-order valence-electron chi connectivity index (χ2n) is 3.75. The van der Waals surface area contributed by atoms with Crippen LogP contribution >= 0.6 is 0 Å². The highest BCUT2D eigenvalue weighted by molar-refractivity contribution is 5.76. The van der Waals surface area contributed by atoms with Crippen LogP contribution in [0.15, 0.2) is 12.1 Å². The quantitative estimate of drug-likeness (QED) is 0.385. The van der Waals surface area contributed by atoms with Gasteiger partial charge in [-0.05, 0) is 17.7 Å². The summed E-state index contributed by atoms with van der Waals surface area (Å²) >= 11 is 0. The van der Waals surface area contributed by atoms with Gasteiger partial charge in [0.15, 0.2) is 11.5 Å². The van der Waals surface area contributed by atoms with Crippen molar-refractivity contribution in [3.8, 4) is 17.2 Å². The first-order valence-corrected chi connectivity index (χ1v) is 5.54. The maximum Gasteiger partial charge on any atom is 0.236 e. The average Bonchev–Trinajstić information content (AvgIpc) is 2.44. The first-order valence-electron chi connectivity index (χ1n) is 5.54. The molecule has 0 aliphatic rings. The molecule has 4 N–H and O–H groups in total. The Kier molecular flexibility index (Phi) is 5.40. The van der Waals surface area contributed by atoms with Crippen LogP contribution in [0.1, 0.15) is 18.1 Å². The van der Waals surface area contributed by atoms with Crippen LogP contribution in [0, 0.1) is 0 Å². The van der Waals surface area contributed by atoms with Crippen LogP contribution in [0.4, 0.5) is 0 Å². The topological polar surface area (TPSA) is 103 Å². The number of methoxy groups -OCH3 is 3. The predicted molar refractivity (Wildman–Crippen MR) is 68.0 cm³/mol. The number of aliphatic hydroxyl groups excluding tert-OH is 1. The molecule has 0 aliphatic carbocycles. The van der Waals surface area contributed by atoms with E-state index in [1.54, 1.807) is 12.1 Å². The largest absolute Gasteiger partial charge is 0.493 e. The first-order chi connectivity index (χ1) is 9.07. The Morgan fingerprint density at radius 2 is 1.79 bits per heavy atom. The molecule has 1 atom stereocenters. The Morgan fingerprint density at radius 3 is 2.16 bits per heavy atom. The number of nitrogens with two attached hydrogens (primary N) is 1. The molecule has 1 rings (SSSR count). The highest BCUT2D eigenvalue weighted by atomic mass is 16.5. The van der Waals surface area contributed by atoms with Crippen molar-refractivity contribution in [3.05, 3.63) is 17.7 Å². The zero-order chi connectivity index (χ0) is 14.4. The number of hydrogen-bond donors (Lipinski definition) is 3. The first kappa shape index (κ1) is 15.1. The summed E-state index contributed by atoms with van der Waals surface area (Å²) in [4.78, 5) is 11.1. The number of aliphatic hydroxyl groups is 1. The summed E-state index contributed by atoms with van der Waals surface area (Å²) in [5.41, 5.74) is 2.43. The molecule has 0 radical (unpaired) electrons. The zero-order valence-electron chi connectivity index (χ0n) is 11.1. The summed E-state index contributed by atoms with van der Waals surface area (Å²) in [7, 11) is 4.43. The molecule has 7 nitrogen and oxygen atoms in total. The van der Waals surface area contributed by atoms with Crippen LogP contribution in [0.25, 0.3) is 0 Å². The molecule has 106 valence electrons. The van der Waals surface area contributed by atoms with E-state index < -0.39 is 12.0 Å². The number of carbonyl (C=O) groups excluding carboxylic acids is 1. The van der Waals surface area contributed by atoms with Crippen molar-refractivity contribution >= 4 is 5.91 Å². The number of ether oxygens (including phenoxy) is 3. The van der Waals surface area contributed by atoms with Gasteiger partial charge in [-0.15, -0.1) is 0 Å². The summed E-state index contributed by atoms with van der Waals surface area (Å²) in [6.45, 7) is 0. The molecule has 1 amide bonds. The monoisotopic (exact) mass is 270 g/mol. The van der Waals surface area contributed by atoms with Crippen LogP contribution in [0.5, 0.6) is 17.2 Å². The Balaban J connectivity index is 3.11. The van der Waals surface area contributed by atoms with Gasteiger partial charge in [-0.1, -0.05) is 0 Å². The fraction of sp³-hybridized carbons (Fsp3) is 0.417. The normalized spacial score (nSPS) is 11.6. The molecular formula is C12H18N2O5. The number of amides is 1. The van der Waals surface area contributed by atoms with E-state index >= 15 is 0 Å². The average molecular weight is 270 g/mol. The lowest BCUT2D eigenvalue weighted by atomic mass is 10.0. The van der Waals surface area contributed by atoms with Gasteiger partial charge in [0.2, 0.25) is 11.7 Å². The lowest BCUT2D eigenvalue weighted by molar-refractivity contribution is -0.123. The van der Waals surface area contributed by atoms with Gasteiger partial charge < -0.3 is 19.3 Å². The lowest BCUT2D eigenvalue weighted by Crippen LogP contribution is -2.31. The number of hydrazine groups is 1. The molecule has 1 aromatic carbocycles. The third kappa shape index (κ3) is 3.49. The molecule has 0 aliphatic heterocycles. The van der Waals surface area contributed by atoms with Crippen molar-refractivity contribution in [1.29, 1.82) is 0 Å². The standard InChI is InChI=1S/C12H18N2O5/c1-17-9-4-7(8(15)6-11(16)14-13)5-10(18-2)12(9)19-3/h4-5,8,15H,6,13H2,1-3H3,(H,14,16). The van der Waals surface area contributed by atoms with Crippen LogP contribution < -0.4 is 25.5 Å². The maximum atomic E-state index is 11.1. The van der Waals surface area contributed by atoms with E-state index in [0.29, 0.717) is 22.8 Å². The van der Waals surface area contributed by atoms with E-state index in [1.807, 2.05) is 5.43 Å². The molecule has 19 heavy (non-hydrogen) atoms. The molecule has 1 unspecified atom stereocenters. The molecular weight excluding hydrogens is 252 g/mol. The minimum absolute atomic E-state index is 0.158. The van der Waals surface area contributed by atoms with Gasteiger partial charge in [0.05, 0.1) is 33.9 Å². The van der Waals surface area contributed by atoms with Gasteiger partial charge in [0.1, 0.15) is 0 Å². The Morgan fingerprint density at radius 1 is 1.26 bits per heavy atom. The van der Waals surface area contributed by atoms with Gasteiger partial charge in [-0.3, -0.25) is 10.2 Å². The third-order valence-corrected chi connectivity index (χ3v) is 2.61. The van der Waals surface area contributed by atoms with Crippen LogP contribution in [0.3, 0.4) is 0 Å². The predicted octanol–water partition coefficient (Wildman–Crippen LogP) is 0.126. The molecule has 0 saturated heterocycles. The highest BCUT2D eigenvalue weighted by Gasteiger charge is 2.19. The van der Waals surface area contributed by atoms with Gasteiger partial charge in [0.25, 0.3) is 0 Å². The van der Waals surface area contributed by atoms with E-state index in [2.05, 4.69) is 0 Å². The molecule has 0 bridgehead atoms. The van der Waals surface area contributed by atoms with E-state index in [9.17, 15) is 9.90 Å². The van der Waals surface area contributed by atoms with Crippen molar-refractivity contribution in [3.63, 3.8) is 0 Å². The number of rotatable bonds is 6. The van der Waals surface area contributed by atoms with Crippen molar-refractivity contribution in [1.82, 2.24) is 5.43 Å². The van der Waals surface area contributed by atoms with Crippen molar-refractivity contribution < 1.29 is 24.1 Å². The van der Waals surface area contributed by atoms with E-state index in [-0.39, 0.29) is 6.42 Å². The molecule has 0 heterocycles. The van der Waals surface area contributed by atoms with E-state index in [1.165, 1.54) is 21.3 Å². The zero-order valence-corrected chi connectivity index (χ0v) is 11.1. The molecule has 0 saturated carbocycles. The Hall–Kier alpha value is -1.99. The number of benzene rings is 1. The SMILES string of the molecule is COc1cc(C(O)CC(=O)NN)cc(OC)c1OC. The fourth-order valence-corrected chi connectivity index (χ4v) is 1.65.